The number of aliphatic hydroxyl groups is 1. The number of rotatable bonds is 2. The van der Waals surface area contributed by atoms with Crippen LogP contribution in [0, 0.1) is 0 Å². The van der Waals surface area contributed by atoms with Crippen molar-refractivity contribution in [2.24, 2.45) is 0 Å². The van der Waals surface area contributed by atoms with Crippen molar-refractivity contribution in [2.45, 2.75) is 37.4 Å². The van der Waals surface area contributed by atoms with E-state index in [9.17, 15) is 5.11 Å². The number of hydrogen-bond acceptors (Lipinski definition) is 2. The Hall–Kier alpha value is -1.32. The van der Waals surface area contributed by atoms with Crippen molar-refractivity contribution in [2.75, 3.05) is 7.11 Å². The van der Waals surface area contributed by atoms with Crippen molar-refractivity contribution < 1.29 is 9.84 Å². The topological polar surface area (TPSA) is 45.2 Å². The Labute approximate surface area is 107 Å². The number of hydrogen-bond donors (Lipinski definition) is 2. The lowest BCUT2D eigenvalue weighted by atomic mass is 9.77. The zero-order chi connectivity index (χ0) is 12.6. The molecule has 1 aliphatic rings. The zero-order valence-electron chi connectivity index (χ0n) is 10.6. The van der Waals surface area contributed by atoms with Crippen LogP contribution in [0.2, 0.25) is 0 Å². The summed E-state index contributed by atoms with van der Waals surface area (Å²) in [5.74, 6) is 0. The highest BCUT2D eigenvalue weighted by atomic mass is 16.5. The Kier molecular flexibility index (Phi) is 2.88. The summed E-state index contributed by atoms with van der Waals surface area (Å²) in [6.45, 7) is 0. The van der Waals surface area contributed by atoms with E-state index in [1.165, 1.54) is 0 Å². The SMILES string of the molecule is COC1CCCC(O)(c2cccc3[nH]ccc23)C1. The van der Waals surface area contributed by atoms with Gasteiger partial charge in [0.15, 0.2) is 0 Å². The van der Waals surface area contributed by atoms with Crippen molar-refractivity contribution in [3.63, 3.8) is 0 Å². The molecule has 1 aromatic heterocycles. The molecule has 1 heterocycles. The maximum absolute atomic E-state index is 11.0. The molecule has 18 heavy (non-hydrogen) atoms. The van der Waals surface area contributed by atoms with E-state index >= 15 is 0 Å². The summed E-state index contributed by atoms with van der Waals surface area (Å²) in [6.07, 6.45) is 5.65. The van der Waals surface area contributed by atoms with Crippen molar-refractivity contribution in [1.29, 1.82) is 0 Å². The summed E-state index contributed by atoms with van der Waals surface area (Å²) < 4.78 is 5.43. The summed E-state index contributed by atoms with van der Waals surface area (Å²) >= 11 is 0. The van der Waals surface area contributed by atoms with Gasteiger partial charge in [-0.05, 0) is 37.0 Å². The second-order valence-corrected chi connectivity index (χ2v) is 5.23. The van der Waals surface area contributed by atoms with Crippen LogP contribution in [0.15, 0.2) is 30.5 Å². The number of methoxy groups -OCH3 is 1. The fourth-order valence-corrected chi connectivity index (χ4v) is 3.14. The molecule has 0 saturated heterocycles. The molecule has 2 atom stereocenters. The first-order chi connectivity index (χ1) is 8.73. The Bertz CT molecular complexity index is 548. The third-order valence-electron chi connectivity index (χ3n) is 4.11. The molecular weight excluding hydrogens is 226 g/mol. The van der Waals surface area contributed by atoms with E-state index in [1.807, 2.05) is 30.5 Å². The van der Waals surface area contributed by atoms with Gasteiger partial charge in [-0.1, -0.05) is 12.1 Å². The van der Waals surface area contributed by atoms with Gasteiger partial charge in [-0.2, -0.15) is 0 Å². The van der Waals surface area contributed by atoms with Gasteiger partial charge in [0.25, 0.3) is 0 Å². The van der Waals surface area contributed by atoms with Crippen LogP contribution in [-0.2, 0) is 10.3 Å². The lowest BCUT2D eigenvalue weighted by Gasteiger charge is -2.37. The van der Waals surface area contributed by atoms with Gasteiger partial charge in [0, 0.05) is 30.6 Å². The summed E-state index contributed by atoms with van der Waals surface area (Å²) in [4.78, 5) is 3.20. The third kappa shape index (κ3) is 1.84. The summed E-state index contributed by atoms with van der Waals surface area (Å²) in [5.41, 5.74) is 1.36. The highest BCUT2D eigenvalue weighted by molar-refractivity contribution is 5.83. The molecule has 3 rings (SSSR count). The van der Waals surface area contributed by atoms with Gasteiger partial charge in [-0.15, -0.1) is 0 Å². The zero-order valence-corrected chi connectivity index (χ0v) is 10.6. The van der Waals surface area contributed by atoms with Crippen molar-refractivity contribution in [3.8, 4) is 0 Å². The number of ether oxygens (including phenoxy) is 1. The molecule has 3 heteroatoms. The maximum Gasteiger partial charge on any atom is 0.0927 e. The number of aromatic nitrogens is 1. The summed E-state index contributed by atoms with van der Waals surface area (Å²) in [6, 6.07) is 8.12. The molecule has 96 valence electrons. The fraction of sp³-hybridized carbons (Fsp3) is 0.467. The summed E-state index contributed by atoms with van der Waals surface area (Å²) in [7, 11) is 1.73. The average Bonchev–Trinajstić information content (AvgIpc) is 2.86. The Morgan fingerprint density at radius 2 is 2.28 bits per heavy atom. The first kappa shape index (κ1) is 11.8. The van der Waals surface area contributed by atoms with Gasteiger partial charge in [-0.3, -0.25) is 0 Å². The second-order valence-electron chi connectivity index (χ2n) is 5.23. The molecule has 0 spiro atoms. The molecule has 2 unspecified atom stereocenters. The van der Waals surface area contributed by atoms with E-state index in [2.05, 4.69) is 4.98 Å². The van der Waals surface area contributed by atoms with Crippen LogP contribution in [0.25, 0.3) is 10.9 Å². The molecule has 0 aliphatic heterocycles. The van der Waals surface area contributed by atoms with Crippen molar-refractivity contribution in [1.82, 2.24) is 4.98 Å². The maximum atomic E-state index is 11.0. The van der Waals surface area contributed by atoms with E-state index < -0.39 is 5.60 Å². The van der Waals surface area contributed by atoms with Gasteiger partial charge in [0.1, 0.15) is 0 Å². The number of H-pyrrole nitrogens is 1. The number of fused-ring (bicyclic) bond motifs is 1. The highest BCUT2D eigenvalue weighted by Gasteiger charge is 2.37. The van der Waals surface area contributed by atoms with Crippen molar-refractivity contribution >= 4 is 10.9 Å². The summed E-state index contributed by atoms with van der Waals surface area (Å²) in [5, 5.41) is 12.1. The van der Waals surface area contributed by atoms with Crippen LogP contribution in [-0.4, -0.2) is 23.3 Å². The van der Waals surface area contributed by atoms with E-state index in [0.717, 1.165) is 35.7 Å². The standard InChI is InChI=1S/C15H19NO2/c1-18-11-4-3-8-15(17,10-11)13-5-2-6-14-12(13)7-9-16-14/h2,5-7,9,11,16-17H,3-4,8,10H2,1H3. The number of benzene rings is 1. The molecule has 1 fully saturated rings. The van der Waals surface area contributed by atoms with Gasteiger partial charge in [0.2, 0.25) is 0 Å². The van der Waals surface area contributed by atoms with Gasteiger partial charge < -0.3 is 14.8 Å². The van der Waals surface area contributed by atoms with Crippen LogP contribution in [0.4, 0.5) is 0 Å². The molecule has 1 aromatic carbocycles. The monoisotopic (exact) mass is 245 g/mol. The fourth-order valence-electron chi connectivity index (χ4n) is 3.14. The minimum Gasteiger partial charge on any atom is -0.385 e. The Morgan fingerprint density at radius 1 is 1.39 bits per heavy atom. The number of aromatic amines is 1. The first-order valence-electron chi connectivity index (χ1n) is 6.55. The third-order valence-corrected chi connectivity index (χ3v) is 4.11. The molecule has 2 N–H and O–H groups in total. The molecule has 0 amide bonds. The Morgan fingerprint density at radius 3 is 3.11 bits per heavy atom. The van der Waals surface area contributed by atoms with Crippen LogP contribution >= 0.6 is 0 Å². The van der Waals surface area contributed by atoms with Gasteiger partial charge >= 0.3 is 0 Å². The molecule has 3 nitrogen and oxygen atoms in total. The predicted octanol–water partition coefficient (Wildman–Crippen LogP) is 2.94. The van der Waals surface area contributed by atoms with E-state index in [4.69, 9.17) is 4.74 Å². The molecular formula is C15H19NO2. The quantitative estimate of drug-likeness (QED) is 0.854. The molecule has 1 saturated carbocycles. The first-order valence-corrected chi connectivity index (χ1v) is 6.55. The van der Waals surface area contributed by atoms with Crippen LogP contribution in [0.1, 0.15) is 31.2 Å². The molecule has 2 aromatic rings. The average molecular weight is 245 g/mol. The second kappa shape index (κ2) is 4.41. The van der Waals surface area contributed by atoms with E-state index in [0.29, 0.717) is 6.42 Å². The predicted molar refractivity (Wildman–Crippen MR) is 71.5 cm³/mol. The highest BCUT2D eigenvalue weighted by Crippen LogP contribution is 2.40. The Balaban J connectivity index is 2.04. The lowest BCUT2D eigenvalue weighted by Crippen LogP contribution is -2.36. The number of nitrogens with one attached hydrogen (secondary N) is 1. The lowest BCUT2D eigenvalue weighted by molar-refractivity contribution is -0.0622. The van der Waals surface area contributed by atoms with Crippen molar-refractivity contribution in [3.05, 3.63) is 36.0 Å². The van der Waals surface area contributed by atoms with Crippen LogP contribution < -0.4 is 0 Å². The molecule has 1 aliphatic carbocycles. The molecule has 0 bridgehead atoms. The minimum atomic E-state index is -0.749. The normalized spacial score (nSPS) is 28.7. The minimum absolute atomic E-state index is 0.165. The van der Waals surface area contributed by atoms with Gasteiger partial charge in [0.05, 0.1) is 11.7 Å². The smallest absolute Gasteiger partial charge is 0.0927 e. The van der Waals surface area contributed by atoms with E-state index in [1.54, 1.807) is 7.11 Å². The van der Waals surface area contributed by atoms with Crippen LogP contribution in [0.3, 0.4) is 0 Å². The molecule has 0 radical (unpaired) electrons. The van der Waals surface area contributed by atoms with E-state index in [-0.39, 0.29) is 6.10 Å². The van der Waals surface area contributed by atoms with Gasteiger partial charge in [-0.25, -0.2) is 0 Å². The van der Waals surface area contributed by atoms with Crippen LogP contribution in [0.5, 0.6) is 0 Å². The largest absolute Gasteiger partial charge is 0.385 e.